The van der Waals surface area contributed by atoms with Gasteiger partial charge in [-0.1, -0.05) is 26.7 Å². The smallest absolute Gasteiger partial charge is 0.0118 e. The predicted molar refractivity (Wildman–Crippen MR) is 54.3 cm³/mol. The Kier molecular flexibility index (Phi) is 3.57. The molecule has 0 N–H and O–H groups in total. The maximum absolute atomic E-state index is 2.58. The Morgan fingerprint density at radius 1 is 1.17 bits per heavy atom. The van der Waals surface area contributed by atoms with Crippen LogP contribution in [-0.2, 0) is 0 Å². The van der Waals surface area contributed by atoms with Crippen molar-refractivity contribution in [2.24, 2.45) is 5.92 Å². The van der Waals surface area contributed by atoms with E-state index in [1.807, 2.05) is 0 Å². The van der Waals surface area contributed by atoms with E-state index in [2.05, 4.69) is 32.7 Å². The normalized spacial score (nSPS) is 33.8. The van der Waals surface area contributed by atoms with E-state index in [0.717, 1.165) is 18.0 Å². The second-order valence-electron chi connectivity index (χ2n) is 4.61. The molecule has 1 rings (SSSR count). The molecule has 1 fully saturated rings. The second-order valence-corrected chi connectivity index (χ2v) is 4.61. The third-order valence-corrected chi connectivity index (χ3v) is 3.36. The van der Waals surface area contributed by atoms with Crippen molar-refractivity contribution in [3.8, 4) is 0 Å². The molecule has 0 bridgehead atoms. The highest BCUT2D eigenvalue weighted by molar-refractivity contribution is 4.79. The minimum absolute atomic E-state index is 0.792. The molecule has 2 atom stereocenters. The summed E-state index contributed by atoms with van der Waals surface area (Å²) >= 11 is 0. The maximum Gasteiger partial charge on any atom is 0.0118 e. The Morgan fingerprint density at radius 3 is 2.33 bits per heavy atom. The van der Waals surface area contributed by atoms with Crippen molar-refractivity contribution in [2.45, 2.75) is 58.5 Å². The van der Waals surface area contributed by atoms with Crippen LogP contribution in [0.3, 0.4) is 0 Å². The lowest BCUT2D eigenvalue weighted by Gasteiger charge is -2.33. The van der Waals surface area contributed by atoms with E-state index in [9.17, 15) is 0 Å². The van der Waals surface area contributed by atoms with Crippen LogP contribution in [0.15, 0.2) is 0 Å². The Bertz CT molecular complexity index is 131. The van der Waals surface area contributed by atoms with E-state index in [1.165, 1.54) is 25.7 Å². The molecule has 12 heavy (non-hydrogen) atoms. The molecular weight excluding hydrogens is 146 g/mol. The Hall–Kier alpha value is -0.0400. The highest BCUT2D eigenvalue weighted by atomic mass is 15.2. The van der Waals surface area contributed by atoms with E-state index >= 15 is 0 Å². The summed E-state index contributed by atoms with van der Waals surface area (Å²) in [6.07, 6.45) is 5.64. The zero-order chi connectivity index (χ0) is 9.14. The van der Waals surface area contributed by atoms with E-state index in [1.54, 1.807) is 0 Å². The van der Waals surface area contributed by atoms with Crippen LogP contribution < -0.4 is 0 Å². The monoisotopic (exact) mass is 169 g/mol. The fourth-order valence-electron chi connectivity index (χ4n) is 2.33. The third kappa shape index (κ3) is 2.22. The average Bonchev–Trinajstić information content (AvgIpc) is 2.15. The van der Waals surface area contributed by atoms with Crippen LogP contribution in [0.4, 0.5) is 0 Å². The summed E-state index contributed by atoms with van der Waals surface area (Å²) in [5, 5.41) is 0. The molecule has 0 spiro atoms. The molecule has 0 aromatic rings. The van der Waals surface area contributed by atoms with Crippen LogP contribution in [0.5, 0.6) is 0 Å². The van der Waals surface area contributed by atoms with Crippen LogP contribution in [0.2, 0.25) is 0 Å². The SMILES string of the molecule is CC(C)C1CCCCC(C)N1C. The van der Waals surface area contributed by atoms with Crippen molar-refractivity contribution >= 4 is 0 Å². The Morgan fingerprint density at radius 2 is 1.75 bits per heavy atom. The summed E-state index contributed by atoms with van der Waals surface area (Å²) in [5.41, 5.74) is 0. The second kappa shape index (κ2) is 4.27. The lowest BCUT2D eigenvalue weighted by molar-refractivity contribution is 0.147. The van der Waals surface area contributed by atoms with E-state index in [-0.39, 0.29) is 0 Å². The summed E-state index contributed by atoms with van der Waals surface area (Å²) < 4.78 is 0. The largest absolute Gasteiger partial charge is 0.300 e. The number of nitrogens with zero attached hydrogens (tertiary/aromatic N) is 1. The lowest BCUT2D eigenvalue weighted by Crippen LogP contribution is -2.40. The minimum atomic E-state index is 0.792. The summed E-state index contributed by atoms with van der Waals surface area (Å²) in [5.74, 6) is 0.815. The van der Waals surface area contributed by atoms with Crippen molar-refractivity contribution in [3.63, 3.8) is 0 Å². The van der Waals surface area contributed by atoms with Gasteiger partial charge in [0.15, 0.2) is 0 Å². The molecule has 0 saturated carbocycles. The van der Waals surface area contributed by atoms with Crippen LogP contribution in [0, 0.1) is 5.92 Å². The maximum atomic E-state index is 2.58. The van der Waals surface area contributed by atoms with Gasteiger partial charge in [0, 0.05) is 12.1 Å². The van der Waals surface area contributed by atoms with Gasteiger partial charge in [-0.25, -0.2) is 0 Å². The molecule has 0 amide bonds. The quantitative estimate of drug-likeness (QED) is 0.583. The third-order valence-electron chi connectivity index (χ3n) is 3.36. The standard InChI is InChI=1S/C11H23N/c1-9(2)11-8-6-5-7-10(3)12(11)4/h9-11H,5-8H2,1-4H3. The van der Waals surface area contributed by atoms with E-state index in [4.69, 9.17) is 0 Å². The summed E-state index contributed by atoms with van der Waals surface area (Å²) in [6.45, 7) is 7.05. The predicted octanol–water partition coefficient (Wildman–Crippen LogP) is 2.91. The molecule has 1 aliphatic heterocycles. The average molecular weight is 169 g/mol. The van der Waals surface area contributed by atoms with Gasteiger partial charge in [0.2, 0.25) is 0 Å². The summed E-state index contributed by atoms with van der Waals surface area (Å²) in [7, 11) is 2.29. The molecule has 1 heteroatoms. The number of hydrogen-bond donors (Lipinski definition) is 0. The van der Waals surface area contributed by atoms with Crippen LogP contribution in [0.25, 0.3) is 0 Å². The topological polar surface area (TPSA) is 3.24 Å². The van der Waals surface area contributed by atoms with Crippen molar-refractivity contribution in [3.05, 3.63) is 0 Å². The van der Waals surface area contributed by atoms with E-state index < -0.39 is 0 Å². The zero-order valence-electron chi connectivity index (χ0n) is 9.01. The molecule has 1 heterocycles. The molecule has 1 nitrogen and oxygen atoms in total. The van der Waals surface area contributed by atoms with Gasteiger partial charge in [0.25, 0.3) is 0 Å². The van der Waals surface area contributed by atoms with Crippen LogP contribution >= 0.6 is 0 Å². The zero-order valence-corrected chi connectivity index (χ0v) is 9.01. The number of hydrogen-bond acceptors (Lipinski definition) is 1. The van der Waals surface area contributed by atoms with Gasteiger partial charge < -0.3 is 4.90 Å². The first-order valence-corrected chi connectivity index (χ1v) is 5.35. The van der Waals surface area contributed by atoms with Gasteiger partial charge in [-0.05, 0) is 32.7 Å². The summed E-state index contributed by atoms with van der Waals surface area (Å²) in [6, 6.07) is 1.61. The van der Waals surface area contributed by atoms with Gasteiger partial charge in [-0.3, -0.25) is 0 Å². The van der Waals surface area contributed by atoms with Gasteiger partial charge in [-0.15, -0.1) is 0 Å². The molecule has 0 aromatic heterocycles. The first kappa shape index (κ1) is 10.0. The van der Waals surface area contributed by atoms with Crippen molar-refractivity contribution in [1.29, 1.82) is 0 Å². The highest BCUT2D eigenvalue weighted by Gasteiger charge is 2.24. The molecular formula is C11H23N. The van der Waals surface area contributed by atoms with Gasteiger partial charge >= 0.3 is 0 Å². The molecule has 0 aromatic carbocycles. The van der Waals surface area contributed by atoms with Gasteiger partial charge in [-0.2, -0.15) is 0 Å². The molecule has 2 unspecified atom stereocenters. The van der Waals surface area contributed by atoms with Crippen LogP contribution in [0.1, 0.15) is 46.5 Å². The van der Waals surface area contributed by atoms with Crippen molar-refractivity contribution in [2.75, 3.05) is 7.05 Å². The summed E-state index contributed by atoms with van der Waals surface area (Å²) in [4.78, 5) is 2.58. The minimum Gasteiger partial charge on any atom is -0.300 e. The molecule has 1 saturated heterocycles. The Balaban J connectivity index is 2.58. The first-order valence-electron chi connectivity index (χ1n) is 5.35. The van der Waals surface area contributed by atoms with Crippen LogP contribution in [-0.4, -0.2) is 24.0 Å². The molecule has 72 valence electrons. The Labute approximate surface area is 77.1 Å². The lowest BCUT2D eigenvalue weighted by atomic mass is 9.98. The van der Waals surface area contributed by atoms with Gasteiger partial charge in [0.05, 0.1) is 0 Å². The number of rotatable bonds is 1. The fraction of sp³-hybridized carbons (Fsp3) is 1.00. The molecule has 1 aliphatic rings. The number of likely N-dealkylation sites (tertiary alicyclic amines) is 1. The van der Waals surface area contributed by atoms with Crippen molar-refractivity contribution in [1.82, 2.24) is 4.90 Å². The fourth-order valence-corrected chi connectivity index (χ4v) is 2.33. The molecule has 0 radical (unpaired) electrons. The highest BCUT2D eigenvalue weighted by Crippen LogP contribution is 2.24. The van der Waals surface area contributed by atoms with E-state index in [0.29, 0.717) is 0 Å². The first-order chi connectivity index (χ1) is 5.63. The van der Waals surface area contributed by atoms with Gasteiger partial charge in [0.1, 0.15) is 0 Å². The van der Waals surface area contributed by atoms with Crippen molar-refractivity contribution < 1.29 is 0 Å². The molecule has 0 aliphatic carbocycles.